The van der Waals surface area contributed by atoms with E-state index in [2.05, 4.69) is 4.98 Å². The van der Waals surface area contributed by atoms with Gasteiger partial charge in [-0.1, -0.05) is 23.9 Å². The molecule has 26 heavy (non-hydrogen) atoms. The maximum Gasteiger partial charge on any atom is 0.309 e. The second kappa shape index (κ2) is 8.12. The fraction of sp³-hybridized carbons (Fsp3) is 0.526. The normalized spacial score (nSPS) is 16.7. The molecular weight excluding hydrogens is 350 g/mol. The van der Waals surface area contributed by atoms with Gasteiger partial charge in [0.05, 0.1) is 28.8 Å². The number of imidazole rings is 1. The SMILES string of the molecule is CCOC(=O)C1CCN(C(=O)[C@H](C)Sc2nc3ccccc3n2C)CC1. The number of carbonyl (C=O) groups is 2. The second-order valence-electron chi connectivity index (χ2n) is 6.55. The van der Waals surface area contributed by atoms with Crippen molar-refractivity contribution >= 4 is 34.7 Å². The molecule has 1 atom stereocenters. The van der Waals surface area contributed by atoms with E-state index < -0.39 is 0 Å². The molecule has 1 saturated heterocycles. The lowest BCUT2D eigenvalue weighted by molar-refractivity contribution is -0.151. The van der Waals surface area contributed by atoms with Crippen molar-refractivity contribution in [3.63, 3.8) is 0 Å². The fourth-order valence-corrected chi connectivity index (χ4v) is 4.26. The average molecular weight is 375 g/mol. The Morgan fingerprint density at radius 3 is 2.65 bits per heavy atom. The first-order valence-electron chi connectivity index (χ1n) is 9.04. The highest BCUT2D eigenvalue weighted by Crippen LogP contribution is 2.28. The number of nitrogens with zero attached hydrogens (tertiary/aromatic N) is 3. The van der Waals surface area contributed by atoms with E-state index in [-0.39, 0.29) is 23.0 Å². The molecule has 140 valence electrons. The van der Waals surface area contributed by atoms with Crippen molar-refractivity contribution in [3.8, 4) is 0 Å². The first-order valence-corrected chi connectivity index (χ1v) is 9.92. The van der Waals surface area contributed by atoms with Crippen molar-refractivity contribution in [3.05, 3.63) is 24.3 Å². The van der Waals surface area contributed by atoms with Crippen LogP contribution in [0.1, 0.15) is 26.7 Å². The highest BCUT2D eigenvalue weighted by molar-refractivity contribution is 8.00. The molecule has 1 amide bonds. The summed E-state index contributed by atoms with van der Waals surface area (Å²) >= 11 is 1.48. The second-order valence-corrected chi connectivity index (χ2v) is 7.86. The zero-order chi connectivity index (χ0) is 18.7. The quantitative estimate of drug-likeness (QED) is 0.594. The first-order chi connectivity index (χ1) is 12.5. The number of hydrogen-bond donors (Lipinski definition) is 0. The molecule has 0 bridgehead atoms. The van der Waals surface area contributed by atoms with Gasteiger partial charge in [0, 0.05) is 20.1 Å². The van der Waals surface area contributed by atoms with Gasteiger partial charge >= 0.3 is 5.97 Å². The van der Waals surface area contributed by atoms with Gasteiger partial charge in [0.2, 0.25) is 5.91 Å². The van der Waals surface area contributed by atoms with Crippen LogP contribution in [0.5, 0.6) is 0 Å². The number of piperidine rings is 1. The van der Waals surface area contributed by atoms with E-state index in [9.17, 15) is 9.59 Å². The van der Waals surface area contributed by atoms with Crippen LogP contribution in [-0.2, 0) is 21.4 Å². The minimum absolute atomic E-state index is 0.0817. The Balaban J connectivity index is 1.60. The van der Waals surface area contributed by atoms with Crippen molar-refractivity contribution < 1.29 is 14.3 Å². The summed E-state index contributed by atoms with van der Waals surface area (Å²) < 4.78 is 7.11. The summed E-state index contributed by atoms with van der Waals surface area (Å²) in [4.78, 5) is 31.1. The monoisotopic (exact) mass is 375 g/mol. The van der Waals surface area contributed by atoms with Crippen molar-refractivity contribution in [2.45, 2.75) is 37.1 Å². The molecule has 0 spiro atoms. The van der Waals surface area contributed by atoms with Gasteiger partial charge in [-0.25, -0.2) is 4.98 Å². The van der Waals surface area contributed by atoms with Crippen LogP contribution >= 0.6 is 11.8 Å². The predicted octanol–water partition coefficient (Wildman–Crippen LogP) is 2.86. The lowest BCUT2D eigenvalue weighted by Gasteiger charge is -2.32. The number of para-hydroxylation sites is 2. The van der Waals surface area contributed by atoms with Crippen molar-refractivity contribution in [2.75, 3.05) is 19.7 Å². The van der Waals surface area contributed by atoms with Crippen LogP contribution in [0.2, 0.25) is 0 Å². The maximum atomic E-state index is 12.8. The molecule has 0 saturated carbocycles. The number of esters is 1. The van der Waals surface area contributed by atoms with Crippen LogP contribution in [0.4, 0.5) is 0 Å². The molecule has 2 aromatic rings. The smallest absolute Gasteiger partial charge is 0.309 e. The zero-order valence-corrected chi connectivity index (χ0v) is 16.3. The number of hydrogen-bond acceptors (Lipinski definition) is 5. The van der Waals surface area contributed by atoms with Gasteiger partial charge in [0.1, 0.15) is 0 Å². The number of aryl methyl sites for hydroxylation is 1. The molecule has 1 fully saturated rings. The van der Waals surface area contributed by atoms with Gasteiger partial charge in [-0.15, -0.1) is 0 Å². The number of rotatable bonds is 5. The van der Waals surface area contributed by atoms with Gasteiger partial charge < -0.3 is 14.2 Å². The number of ether oxygens (including phenoxy) is 1. The third-order valence-corrected chi connectivity index (χ3v) is 5.93. The molecule has 1 aliphatic rings. The zero-order valence-electron chi connectivity index (χ0n) is 15.5. The van der Waals surface area contributed by atoms with Gasteiger partial charge in [0.25, 0.3) is 0 Å². The third-order valence-electron chi connectivity index (χ3n) is 4.80. The minimum Gasteiger partial charge on any atom is -0.466 e. The fourth-order valence-electron chi connectivity index (χ4n) is 3.29. The Kier molecular flexibility index (Phi) is 5.86. The van der Waals surface area contributed by atoms with Crippen molar-refractivity contribution in [1.82, 2.24) is 14.5 Å². The number of benzene rings is 1. The average Bonchev–Trinajstić information content (AvgIpc) is 2.97. The van der Waals surface area contributed by atoms with Gasteiger partial charge in [-0.05, 0) is 38.8 Å². The molecular formula is C19H25N3O3S. The highest BCUT2D eigenvalue weighted by atomic mass is 32.2. The van der Waals surface area contributed by atoms with E-state index in [1.165, 1.54) is 11.8 Å². The van der Waals surface area contributed by atoms with Gasteiger partial charge in [-0.3, -0.25) is 9.59 Å². The van der Waals surface area contributed by atoms with E-state index in [1.54, 1.807) is 0 Å². The van der Waals surface area contributed by atoms with Crippen LogP contribution in [-0.4, -0.2) is 51.3 Å². The van der Waals surface area contributed by atoms with E-state index >= 15 is 0 Å². The van der Waals surface area contributed by atoms with Crippen LogP contribution in [0, 0.1) is 5.92 Å². The predicted molar refractivity (Wildman–Crippen MR) is 102 cm³/mol. The van der Waals surface area contributed by atoms with Crippen molar-refractivity contribution in [2.24, 2.45) is 13.0 Å². The number of thioether (sulfide) groups is 1. The Bertz CT molecular complexity index is 796. The number of fused-ring (bicyclic) bond motifs is 1. The van der Waals surface area contributed by atoms with Crippen LogP contribution < -0.4 is 0 Å². The lowest BCUT2D eigenvalue weighted by atomic mass is 9.97. The maximum absolute atomic E-state index is 12.8. The molecule has 0 N–H and O–H groups in total. The highest BCUT2D eigenvalue weighted by Gasteiger charge is 2.30. The van der Waals surface area contributed by atoms with Gasteiger partial charge in [-0.2, -0.15) is 0 Å². The number of carbonyl (C=O) groups excluding carboxylic acids is 2. The van der Waals surface area contributed by atoms with Crippen LogP contribution in [0.25, 0.3) is 11.0 Å². The molecule has 0 unspecified atom stereocenters. The molecule has 0 aliphatic carbocycles. The summed E-state index contributed by atoms with van der Waals surface area (Å²) in [7, 11) is 1.97. The van der Waals surface area contributed by atoms with E-state index in [0.717, 1.165) is 16.2 Å². The lowest BCUT2D eigenvalue weighted by Crippen LogP contribution is -2.43. The van der Waals surface area contributed by atoms with E-state index in [4.69, 9.17) is 4.74 Å². The molecule has 1 aromatic carbocycles. The number of likely N-dealkylation sites (tertiary alicyclic amines) is 1. The molecule has 3 rings (SSSR count). The van der Waals surface area contributed by atoms with Crippen LogP contribution in [0.3, 0.4) is 0 Å². The summed E-state index contributed by atoms with van der Waals surface area (Å²) in [6.45, 7) is 5.36. The molecule has 6 nitrogen and oxygen atoms in total. The summed E-state index contributed by atoms with van der Waals surface area (Å²) in [6.07, 6.45) is 1.35. The van der Waals surface area contributed by atoms with E-state index in [1.807, 2.05) is 54.6 Å². The summed E-state index contributed by atoms with van der Waals surface area (Å²) in [5.41, 5.74) is 2.00. The molecule has 1 aliphatic heterocycles. The molecule has 0 radical (unpaired) electrons. The molecule has 2 heterocycles. The van der Waals surface area contributed by atoms with Crippen LogP contribution in [0.15, 0.2) is 29.4 Å². The largest absolute Gasteiger partial charge is 0.466 e. The third kappa shape index (κ3) is 3.87. The summed E-state index contributed by atoms with van der Waals surface area (Å²) in [5.74, 6) is -0.118. The summed E-state index contributed by atoms with van der Waals surface area (Å²) in [5, 5.41) is 0.623. The first kappa shape index (κ1) is 18.8. The Morgan fingerprint density at radius 2 is 2.00 bits per heavy atom. The summed E-state index contributed by atoms with van der Waals surface area (Å²) in [6, 6.07) is 7.96. The number of aromatic nitrogens is 2. The molecule has 1 aromatic heterocycles. The van der Waals surface area contributed by atoms with Crippen molar-refractivity contribution in [1.29, 1.82) is 0 Å². The Hall–Kier alpha value is -2.02. The standard InChI is InChI=1S/C19H25N3O3S/c1-4-25-18(24)14-9-11-22(12-10-14)17(23)13(2)26-19-20-15-7-5-6-8-16(15)21(19)3/h5-8,13-14H,4,9-12H2,1-3H3/t13-/m0/s1. The van der Waals surface area contributed by atoms with E-state index in [0.29, 0.717) is 32.5 Å². The molecule has 7 heteroatoms. The number of amides is 1. The topological polar surface area (TPSA) is 64.4 Å². The Labute approximate surface area is 157 Å². The Morgan fingerprint density at radius 1 is 1.31 bits per heavy atom. The van der Waals surface area contributed by atoms with Gasteiger partial charge in [0.15, 0.2) is 5.16 Å². The minimum atomic E-state index is -0.218.